The second kappa shape index (κ2) is 7.75. The Labute approximate surface area is 144 Å². The molecule has 0 atom stereocenters. The summed E-state index contributed by atoms with van der Waals surface area (Å²) in [6, 6.07) is 16.7. The summed E-state index contributed by atoms with van der Waals surface area (Å²) in [6.07, 6.45) is 1.56. The molecule has 0 bridgehead atoms. The van der Waals surface area contributed by atoms with E-state index in [1.807, 2.05) is 30.3 Å². The molecular formula is C18H16ClN3O2. The number of anilines is 1. The molecule has 0 aliphatic carbocycles. The molecular weight excluding hydrogens is 326 g/mol. The zero-order valence-electron chi connectivity index (χ0n) is 12.9. The number of nitrogens with one attached hydrogen (secondary N) is 1. The van der Waals surface area contributed by atoms with E-state index < -0.39 is 0 Å². The van der Waals surface area contributed by atoms with E-state index in [-0.39, 0.29) is 5.91 Å². The highest BCUT2D eigenvalue weighted by Gasteiger charge is 2.09. The van der Waals surface area contributed by atoms with Crippen molar-refractivity contribution >= 4 is 23.2 Å². The minimum absolute atomic E-state index is 0.0694. The maximum atomic E-state index is 11.9. The molecule has 122 valence electrons. The molecule has 6 heteroatoms. The van der Waals surface area contributed by atoms with Gasteiger partial charge >= 0.3 is 0 Å². The van der Waals surface area contributed by atoms with Gasteiger partial charge in [0.15, 0.2) is 0 Å². The summed E-state index contributed by atoms with van der Waals surface area (Å²) in [5.41, 5.74) is 1.58. The average molecular weight is 342 g/mol. The van der Waals surface area contributed by atoms with Gasteiger partial charge in [0.05, 0.1) is 0 Å². The van der Waals surface area contributed by atoms with E-state index in [9.17, 15) is 4.79 Å². The lowest BCUT2D eigenvalue weighted by molar-refractivity contribution is -0.116. The van der Waals surface area contributed by atoms with Crippen molar-refractivity contribution in [3.63, 3.8) is 0 Å². The number of rotatable bonds is 6. The number of aromatic nitrogens is 2. The first-order valence-electron chi connectivity index (χ1n) is 7.64. The Kier molecular flexibility index (Phi) is 5.23. The van der Waals surface area contributed by atoms with E-state index in [4.69, 9.17) is 16.0 Å². The monoisotopic (exact) mass is 341 g/mol. The third-order valence-corrected chi connectivity index (χ3v) is 3.63. The Hall–Kier alpha value is -2.66. The van der Waals surface area contributed by atoms with Gasteiger partial charge in [0.1, 0.15) is 0 Å². The number of amides is 1. The number of nitrogens with zero attached hydrogens (tertiary/aromatic N) is 2. The maximum absolute atomic E-state index is 11.9. The zero-order chi connectivity index (χ0) is 16.8. The van der Waals surface area contributed by atoms with Crippen molar-refractivity contribution < 1.29 is 9.21 Å². The van der Waals surface area contributed by atoms with Crippen LogP contribution in [0.15, 0.2) is 59.0 Å². The molecule has 1 amide bonds. The van der Waals surface area contributed by atoms with Gasteiger partial charge in [-0.15, -0.1) is 10.2 Å². The van der Waals surface area contributed by atoms with Crippen LogP contribution in [0.25, 0.3) is 11.5 Å². The third kappa shape index (κ3) is 4.43. The van der Waals surface area contributed by atoms with Gasteiger partial charge in [-0.1, -0.05) is 35.9 Å². The first-order valence-corrected chi connectivity index (χ1v) is 8.02. The van der Waals surface area contributed by atoms with Gasteiger partial charge in [0.25, 0.3) is 0 Å². The molecule has 5 nitrogen and oxygen atoms in total. The minimum Gasteiger partial charge on any atom is -0.421 e. The van der Waals surface area contributed by atoms with E-state index in [2.05, 4.69) is 15.5 Å². The second-order valence-corrected chi connectivity index (χ2v) is 5.72. The topological polar surface area (TPSA) is 68.0 Å². The SMILES string of the molecule is O=C(CCCc1nnc(-c2ccccc2)o1)Nc1cccc(Cl)c1. The first kappa shape index (κ1) is 16.2. The lowest BCUT2D eigenvalue weighted by Gasteiger charge is -2.04. The summed E-state index contributed by atoms with van der Waals surface area (Å²) in [4.78, 5) is 11.9. The molecule has 0 spiro atoms. The third-order valence-electron chi connectivity index (χ3n) is 3.39. The number of benzene rings is 2. The Morgan fingerprint density at radius 1 is 1.08 bits per heavy atom. The molecule has 0 aliphatic rings. The fourth-order valence-electron chi connectivity index (χ4n) is 2.24. The van der Waals surface area contributed by atoms with E-state index in [0.717, 1.165) is 5.56 Å². The van der Waals surface area contributed by atoms with Crippen molar-refractivity contribution in [1.82, 2.24) is 10.2 Å². The van der Waals surface area contributed by atoms with Crippen molar-refractivity contribution in [1.29, 1.82) is 0 Å². The fraction of sp³-hybridized carbons (Fsp3) is 0.167. The number of aryl methyl sites for hydroxylation is 1. The van der Waals surface area contributed by atoms with Crippen molar-refractivity contribution in [2.75, 3.05) is 5.32 Å². The van der Waals surface area contributed by atoms with Crippen molar-refractivity contribution in [3.05, 3.63) is 65.5 Å². The Balaban J connectivity index is 1.48. The molecule has 0 saturated heterocycles. The van der Waals surface area contributed by atoms with Crippen LogP contribution in [0.2, 0.25) is 5.02 Å². The normalized spacial score (nSPS) is 10.5. The molecule has 2 aromatic carbocycles. The van der Waals surface area contributed by atoms with E-state index >= 15 is 0 Å². The quantitative estimate of drug-likeness (QED) is 0.723. The number of carbonyl (C=O) groups is 1. The van der Waals surface area contributed by atoms with Crippen LogP contribution in [0.3, 0.4) is 0 Å². The number of hydrogen-bond acceptors (Lipinski definition) is 4. The van der Waals surface area contributed by atoms with Crippen molar-refractivity contribution in [3.8, 4) is 11.5 Å². The van der Waals surface area contributed by atoms with Gasteiger partial charge in [0, 0.05) is 29.1 Å². The van der Waals surface area contributed by atoms with Crippen LogP contribution in [0.4, 0.5) is 5.69 Å². The molecule has 3 aromatic rings. The standard InChI is InChI=1S/C18H16ClN3O2/c19-14-8-4-9-15(12-14)20-16(23)10-5-11-17-21-22-18(24-17)13-6-2-1-3-7-13/h1-4,6-9,12H,5,10-11H2,(H,20,23). The van der Waals surface area contributed by atoms with Gasteiger partial charge in [0.2, 0.25) is 17.7 Å². The van der Waals surface area contributed by atoms with E-state index in [1.165, 1.54) is 0 Å². The van der Waals surface area contributed by atoms with Crippen LogP contribution in [0.1, 0.15) is 18.7 Å². The minimum atomic E-state index is -0.0694. The van der Waals surface area contributed by atoms with Gasteiger partial charge in [-0.05, 0) is 36.8 Å². The molecule has 1 aromatic heterocycles. The highest BCUT2D eigenvalue weighted by Crippen LogP contribution is 2.18. The van der Waals surface area contributed by atoms with Gasteiger partial charge in [-0.3, -0.25) is 4.79 Å². The van der Waals surface area contributed by atoms with E-state index in [0.29, 0.717) is 41.8 Å². The summed E-state index contributed by atoms with van der Waals surface area (Å²) < 4.78 is 5.61. The summed E-state index contributed by atoms with van der Waals surface area (Å²) in [7, 11) is 0. The van der Waals surface area contributed by atoms with Gasteiger partial charge in [-0.2, -0.15) is 0 Å². The maximum Gasteiger partial charge on any atom is 0.247 e. The van der Waals surface area contributed by atoms with E-state index in [1.54, 1.807) is 24.3 Å². The number of halogens is 1. The molecule has 0 radical (unpaired) electrons. The van der Waals surface area contributed by atoms with Crippen LogP contribution in [0, 0.1) is 0 Å². The molecule has 0 aliphatic heterocycles. The van der Waals surface area contributed by atoms with Gasteiger partial charge in [-0.25, -0.2) is 0 Å². The number of hydrogen-bond donors (Lipinski definition) is 1. The summed E-state index contributed by atoms with van der Waals surface area (Å²) >= 11 is 5.89. The molecule has 1 heterocycles. The molecule has 0 fully saturated rings. The van der Waals surface area contributed by atoms with Crippen LogP contribution in [0.5, 0.6) is 0 Å². The molecule has 1 N–H and O–H groups in total. The van der Waals surface area contributed by atoms with Crippen LogP contribution in [-0.2, 0) is 11.2 Å². The molecule has 3 rings (SSSR count). The summed E-state index contributed by atoms with van der Waals surface area (Å²) in [5, 5.41) is 11.4. The zero-order valence-corrected chi connectivity index (χ0v) is 13.7. The van der Waals surface area contributed by atoms with Crippen molar-refractivity contribution in [2.24, 2.45) is 0 Å². The lowest BCUT2D eigenvalue weighted by Crippen LogP contribution is -2.11. The Morgan fingerprint density at radius 3 is 2.71 bits per heavy atom. The second-order valence-electron chi connectivity index (χ2n) is 5.28. The van der Waals surface area contributed by atoms with Crippen LogP contribution < -0.4 is 5.32 Å². The van der Waals surface area contributed by atoms with Gasteiger partial charge < -0.3 is 9.73 Å². The molecule has 0 saturated carbocycles. The summed E-state index contributed by atoms with van der Waals surface area (Å²) in [5.74, 6) is 0.957. The largest absolute Gasteiger partial charge is 0.421 e. The Bertz CT molecular complexity index is 818. The predicted octanol–water partition coefficient (Wildman–Crippen LogP) is 4.35. The predicted molar refractivity (Wildman–Crippen MR) is 92.8 cm³/mol. The Morgan fingerprint density at radius 2 is 1.92 bits per heavy atom. The number of carbonyl (C=O) groups excluding carboxylic acids is 1. The highest BCUT2D eigenvalue weighted by atomic mass is 35.5. The van der Waals surface area contributed by atoms with Crippen LogP contribution >= 0.6 is 11.6 Å². The molecule has 0 unspecified atom stereocenters. The fourth-order valence-corrected chi connectivity index (χ4v) is 2.43. The molecule has 24 heavy (non-hydrogen) atoms. The summed E-state index contributed by atoms with van der Waals surface area (Å²) in [6.45, 7) is 0. The smallest absolute Gasteiger partial charge is 0.247 e. The van der Waals surface area contributed by atoms with Crippen molar-refractivity contribution in [2.45, 2.75) is 19.3 Å². The first-order chi connectivity index (χ1) is 11.7. The highest BCUT2D eigenvalue weighted by molar-refractivity contribution is 6.30. The van der Waals surface area contributed by atoms with Crippen LogP contribution in [-0.4, -0.2) is 16.1 Å². The lowest BCUT2D eigenvalue weighted by atomic mass is 10.2. The average Bonchev–Trinajstić information content (AvgIpc) is 3.04.